The van der Waals surface area contributed by atoms with E-state index < -0.39 is 0 Å². The monoisotopic (exact) mass is 202 g/mol. The highest BCUT2D eigenvalue weighted by atomic mass is 15.1. The summed E-state index contributed by atoms with van der Waals surface area (Å²) >= 11 is 0. The van der Waals surface area contributed by atoms with Crippen molar-refractivity contribution < 1.29 is 0 Å². The molecule has 1 rings (SSSR count). The van der Waals surface area contributed by atoms with Crippen LogP contribution < -0.4 is 0 Å². The SMILES string of the molecule is CCN(CC#N)Cc1c(C)cccc1C. The van der Waals surface area contributed by atoms with E-state index in [1.807, 2.05) is 0 Å². The summed E-state index contributed by atoms with van der Waals surface area (Å²) in [6.07, 6.45) is 0. The first-order valence-electron chi connectivity index (χ1n) is 5.33. The molecule has 2 nitrogen and oxygen atoms in total. The van der Waals surface area contributed by atoms with Crippen molar-refractivity contribution in [2.75, 3.05) is 13.1 Å². The van der Waals surface area contributed by atoms with Crippen molar-refractivity contribution in [2.45, 2.75) is 27.3 Å². The molecular weight excluding hydrogens is 184 g/mol. The molecule has 0 saturated heterocycles. The van der Waals surface area contributed by atoms with Crippen LogP contribution in [0.25, 0.3) is 0 Å². The first-order chi connectivity index (χ1) is 7.19. The number of hydrogen-bond acceptors (Lipinski definition) is 2. The average Bonchev–Trinajstić information content (AvgIpc) is 2.22. The van der Waals surface area contributed by atoms with Gasteiger partial charge in [-0.2, -0.15) is 5.26 Å². The zero-order valence-electron chi connectivity index (χ0n) is 9.75. The summed E-state index contributed by atoms with van der Waals surface area (Å²) in [5, 5.41) is 8.69. The molecule has 0 saturated carbocycles. The Morgan fingerprint density at radius 3 is 2.33 bits per heavy atom. The van der Waals surface area contributed by atoms with Gasteiger partial charge < -0.3 is 0 Å². The Bertz CT molecular complexity index is 343. The van der Waals surface area contributed by atoms with Crippen molar-refractivity contribution in [3.63, 3.8) is 0 Å². The maximum Gasteiger partial charge on any atom is 0.0868 e. The van der Waals surface area contributed by atoms with E-state index in [9.17, 15) is 0 Å². The van der Waals surface area contributed by atoms with Crippen molar-refractivity contribution in [3.05, 3.63) is 34.9 Å². The average molecular weight is 202 g/mol. The lowest BCUT2D eigenvalue weighted by Crippen LogP contribution is -2.23. The molecule has 80 valence electrons. The summed E-state index contributed by atoms with van der Waals surface area (Å²) in [6.45, 7) is 8.64. The molecule has 0 aliphatic rings. The van der Waals surface area contributed by atoms with Crippen LogP contribution in [0.4, 0.5) is 0 Å². The standard InChI is InChI=1S/C13H18N2/c1-4-15(9-8-14)10-13-11(2)6-5-7-12(13)3/h5-7H,4,9-10H2,1-3H3. The van der Waals surface area contributed by atoms with Crippen molar-refractivity contribution in [3.8, 4) is 6.07 Å². The maximum absolute atomic E-state index is 8.69. The molecule has 0 unspecified atom stereocenters. The largest absolute Gasteiger partial charge is 0.287 e. The fourth-order valence-electron chi connectivity index (χ4n) is 1.70. The molecule has 0 bridgehead atoms. The molecular formula is C13H18N2. The molecule has 0 aliphatic carbocycles. The normalized spacial score (nSPS) is 10.3. The van der Waals surface area contributed by atoms with E-state index in [4.69, 9.17) is 5.26 Å². The number of rotatable bonds is 4. The maximum atomic E-state index is 8.69. The lowest BCUT2D eigenvalue weighted by molar-refractivity contribution is 0.313. The molecule has 0 aliphatic heterocycles. The molecule has 0 atom stereocenters. The Hall–Kier alpha value is -1.33. The number of aryl methyl sites for hydroxylation is 2. The number of nitriles is 1. The number of hydrogen-bond donors (Lipinski definition) is 0. The summed E-state index contributed by atoms with van der Waals surface area (Å²) in [5.41, 5.74) is 3.98. The Morgan fingerprint density at radius 2 is 1.87 bits per heavy atom. The van der Waals surface area contributed by atoms with Gasteiger partial charge in [0.05, 0.1) is 12.6 Å². The minimum Gasteiger partial charge on any atom is -0.287 e. The van der Waals surface area contributed by atoms with Gasteiger partial charge in [-0.1, -0.05) is 25.1 Å². The van der Waals surface area contributed by atoms with E-state index in [0.717, 1.165) is 13.1 Å². The van der Waals surface area contributed by atoms with Crippen LogP contribution in [0.5, 0.6) is 0 Å². The van der Waals surface area contributed by atoms with Gasteiger partial charge in [0, 0.05) is 6.54 Å². The summed E-state index contributed by atoms with van der Waals surface area (Å²) in [6, 6.07) is 8.54. The van der Waals surface area contributed by atoms with Crippen molar-refractivity contribution in [1.82, 2.24) is 4.90 Å². The Labute approximate surface area is 92.1 Å². The van der Waals surface area contributed by atoms with E-state index in [-0.39, 0.29) is 0 Å². The minimum atomic E-state index is 0.504. The highest BCUT2D eigenvalue weighted by Gasteiger charge is 2.07. The van der Waals surface area contributed by atoms with E-state index in [2.05, 4.69) is 49.9 Å². The van der Waals surface area contributed by atoms with Crippen LogP contribution in [0.3, 0.4) is 0 Å². The highest BCUT2D eigenvalue weighted by Crippen LogP contribution is 2.15. The van der Waals surface area contributed by atoms with E-state index in [1.54, 1.807) is 0 Å². The molecule has 0 amide bonds. The predicted octanol–water partition coefficient (Wildman–Crippen LogP) is 2.65. The van der Waals surface area contributed by atoms with Gasteiger partial charge in [0.2, 0.25) is 0 Å². The van der Waals surface area contributed by atoms with Crippen LogP contribution >= 0.6 is 0 Å². The van der Waals surface area contributed by atoms with Gasteiger partial charge in [0.1, 0.15) is 0 Å². The topological polar surface area (TPSA) is 27.0 Å². The third kappa shape index (κ3) is 3.07. The first-order valence-corrected chi connectivity index (χ1v) is 5.33. The molecule has 0 fully saturated rings. The Morgan fingerprint density at radius 1 is 1.27 bits per heavy atom. The molecule has 0 N–H and O–H groups in total. The lowest BCUT2D eigenvalue weighted by Gasteiger charge is -2.19. The van der Waals surface area contributed by atoms with Crippen LogP contribution in [0.15, 0.2) is 18.2 Å². The van der Waals surface area contributed by atoms with Crippen LogP contribution in [0.1, 0.15) is 23.6 Å². The van der Waals surface area contributed by atoms with Gasteiger partial charge in [-0.05, 0) is 37.1 Å². The van der Waals surface area contributed by atoms with E-state index >= 15 is 0 Å². The number of benzene rings is 1. The van der Waals surface area contributed by atoms with Gasteiger partial charge in [-0.3, -0.25) is 4.90 Å². The predicted molar refractivity (Wildman–Crippen MR) is 62.5 cm³/mol. The molecule has 1 aromatic carbocycles. The molecule has 15 heavy (non-hydrogen) atoms. The lowest BCUT2D eigenvalue weighted by atomic mass is 10.0. The summed E-state index contributed by atoms with van der Waals surface area (Å²) in [5.74, 6) is 0. The van der Waals surface area contributed by atoms with Gasteiger partial charge >= 0.3 is 0 Å². The van der Waals surface area contributed by atoms with Gasteiger partial charge in [0.15, 0.2) is 0 Å². The molecule has 0 heterocycles. The fraction of sp³-hybridized carbons (Fsp3) is 0.462. The van der Waals surface area contributed by atoms with Crippen LogP contribution in [-0.4, -0.2) is 18.0 Å². The molecule has 0 aromatic heterocycles. The van der Waals surface area contributed by atoms with E-state index in [1.165, 1.54) is 16.7 Å². The number of nitrogens with zero attached hydrogens (tertiary/aromatic N) is 2. The first kappa shape index (κ1) is 11.7. The van der Waals surface area contributed by atoms with Crippen LogP contribution in [-0.2, 0) is 6.54 Å². The Kier molecular flexibility index (Phi) is 4.33. The minimum absolute atomic E-state index is 0.504. The third-order valence-corrected chi connectivity index (χ3v) is 2.77. The smallest absolute Gasteiger partial charge is 0.0868 e. The quantitative estimate of drug-likeness (QED) is 0.702. The van der Waals surface area contributed by atoms with Crippen LogP contribution in [0.2, 0.25) is 0 Å². The molecule has 0 spiro atoms. The fourth-order valence-corrected chi connectivity index (χ4v) is 1.70. The van der Waals surface area contributed by atoms with Crippen molar-refractivity contribution in [1.29, 1.82) is 5.26 Å². The molecule has 2 heteroatoms. The Balaban J connectivity index is 2.83. The zero-order valence-corrected chi connectivity index (χ0v) is 9.75. The second kappa shape index (κ2) is 5.53. The third-order valence-electron chi connectivity index (χ3n) is 2.77. The highest BCUT2D eigenvalue weighted by molar-refractivity contribution is 5.33. The van der Waals surface area contributed by atoms with Gasteiger partial charge in [-0.25, -0.2) is 0 Å². The molecule has 0 radical (unpaired) electrons. The van der Waals surface area contributed by atoms with Crippen molar-refractivity contribution in [2.24, 2.45) is 0 Å². The van der Waals surface area contributed by atoms with Crippen LogP contribution in [0, 0.1) is 25.2 Å². The van der Waals surface area contributed by atoms with E-state index in [0.29, 0.717) is 6.54 Å². The second-order valence-electron chi connectivity index (χ2n) is 3.83. The van der Waals surface area contributed by atoms with Gasteiger partial charge in [0.25, 0.3) is 0 Å². The molecule has 1 aromatic rings. The summed E-state index contributed by atoms with van der Waals surface area (Å²) < 4.78 is 0. The van der Waals surface area contributed by atoms with Gasteiger partial charge in [-0.15, -0.1) is 0 Å². The second-order valence-corrected chi connectivity index (χ2v) is 3.83. The summed E-state index contributed by atoms with van der Waals surface area (Å²) in [4.78, 5) is 2.15. The van der Waals surface area contributed by atoms with Crippen molar-refractivity contribution >= 4 is 0 Å². The zero-order chi connectivity index (χ0) is 11.3. The summed E-state index contributed by atoms with van der Waals surface area (Å²) in [7, 11) is 0.